The first kappa shape index (κ1) is 18.5. The monoisotopic (exact) mass is 373 g/mol. The number of amides is 1. The summed E-state index contributed by atoms with van der Waals surface area (Å²) < 4.78 is 6.04. The Morgan fingerprint density at radius 1 is 1.04 bits per heavy atom. The molecule has 2 aromatic carbocycles. The lowest BCUT2D eigenvalue weighted by Crippen LogP contribution is -2.46. The average Bonchev–Trinajstić information content (AvgIpc) is 2.66. The van der Waals surface area contributed by atoms with Gasteiger partial charge in [-0.05, 0) is 24.6 Å². The minimum atomic E-state index is -0.472. The molecule has 4 rings (SSSR count). The molecule has 1 N–H and O–H groups in total. The van der Waals surface area contributed by atoms with Crippen molar-refractivity contribution in [2.24, 2.45) is 0 Å². The number of ether oxygens (including phenoxy) is 1. The largest absolute Gasteiger partial charge is 0.476 e. The highest BCUT2D eigenvalue weighted by molar-refractivity contribution is 6.01. The molecule has 0 unspecified atom stereocenters. The summed E-state index contributed by atoms with van der Waals surface area (Å²) in [6.45, 7) is 6.21. The number of para-hydroxylation sites is 1. The van der Waals surface area contributed by atoms with E-state index in [9.17, 15) is 4.79 Å². The van der Waals surface area contributed by atoms with Crippen LogP contribution in [0.15, 0.2) is 48.5 Å². The average molecular weight is 374 g/mol. The molecule has 138 valence electrons. The topological polar surface area (TPSA) is 44.8 Å². The van der Waals surface area contributed by atoms with Crippen molar-refractivity contribution in [3.05, 3.63) is 54.1 Å². The standard InChI is InChI=1S/C20H23N3O2.ClH/c1-15-20(24)23(14-16-6-3-2-4-7-16)18-9-5-8-17(19(18)25-15)22-12-10-21-11-13-22;/h2-9,15,21H,10-14H2,1H3;1H/t15-;/m1./s1. The summed E-state index contributed by atoms with van der Waals surface area (Å²) in [7, 11) is 0. The molecule has 2 heterocycles. The Hall–Kier alpha value is -2.24. The number of piperazine rings is 1. The van der Waals surface area contributed by atoms with Crippen LogP contribution >= 0.6 is 12.4 Å². The lowest BCUT2D eigenvalue weighted by molar-refractivity contribution is -0.125. The number of anilines is 2. The number of benzene rings is 2. The van der Waals surface area contributed by atoms with Crippen molar-refractivity contribution in [1.29, 1.82) is 0 Å². The third-order valence-electron chi connectivity index (χ3n) is 4.81. The van der Waals surface area contributed by atoms with E-state index in [1.165, 1.54) is 0 Å². The normalized spacial score (nSPS) is 19.4. The van der Waals surface area contributed by atoms with Gasteiger partial charge in [0.15, 0.2) is 11.9 Å². The number of carbonyl (C=O) groups excluding carboxylic acids is 1. The Balaban J connectivity index is 0.00000196. The number of nitrogens with zero attached hydrogens (tertiary/aromatic N) is 2. The van der Waals surface area contributed by atoms with Gasteiger partial charge < -0.3 is 19.9 Å². The van der Waals surface area contributed by atoms with Gasteiger partial charge in [0.2, 0.25) is 0 Å². The Morgan fingerprint density at radius 2 is 1.73 bits per heavy atom. The number of halogens is 1. The third kappa shape index (κ3) is 3.50. The molecular weight excluding hydrogens is 350 g/mol. The number of nitrogens with one attached hydrogen (secondary N) is 1. The van der Waals surface area contributed by atoms with Crippen LogP contribution in [0.3, 0.4) is 0 Å². The predicted molar refractivity (Wildman–Crippen MR) is 106 cm³/mol. The summed E-state index contributed by atoms with van der Waals surface area (Å²) in [5, 5.41) is 3.37. The fourth-order valence-corrected chi connectivity index (χ4v) is 3.50. The highest BCUT2D eigenvalue weighted by atomic mass is 35.5. The number of hydrogen-bond acceptors (Lipinski definition) is 4. The highest BCUT2D eigenvalue weighted by Crippen LogP contribution is 2.42. The summed E-state index contributed by atoms with van der Waals surface area (Å²) in [5.41, 5.74) is 3.06. The molecule has 1 saturated heterocycles. The van der Waals surface area contributed by atoms with Crippen LogP contribution < -0.4 is 19.9 Å². The SMILES string of the molecule is C[C@H]1Oc2c(N3CCNCC3)cccc2N(Cc2ccccc2)C1=O.Cl. The lowest BCUT2D eigenvalue weighted by Gasteiger charge is -2.37. The zero-order valence-corrected chi connectivity index (χ0v) is 15.7. The second-order valence-electron chi connectivity index (χ2n) is 6.53. The van der Waals surface area contributed by atoms with E-state index in [2.05, 4.69) is 16.3 Å². The minimum Gasteiger partial charge on any atom is -0.476 e. The van der Waals surface area contributed by atoms with Crippen molar-refractivity contribution >= 4 is 29.7 Å². The summed E-state index contributed by atoms with van der Waals surface area (Å²) >= 11 is 0. The molecule has 0 bridgehead atoms. The lowest BCUT2D eigenvalue weighted by atomic mass is 10.1. The molecule has 0 saturated carbocycles. The molecule has 2 aromatic rings. The van der Waals surface area contributed by atoms with E-state index in [0.29, 0.717) is 6.54 Å². The van der Waals surface area contributed by atoms with Crippen LogP contribution in [0.1, 0.15) is 12.5 Å². The Morgan fingerprint density at radius 3 is 2.46 bits per heavy atom. The van der Waals surface area contributed by atoms with E-state index in [0.717, 1.165) is 48.9 Å². The molecule has 2 aliphatic heterocycles. The minimum absolute atomic E-state index is 0. The fraction of sp³-hybridized carbons (Fsp3) is 0.350. The second-order valence-corrected chi connectivity index (χ2v) is 6.53. The van der Waals surface area contributed by atoms with Crippen LogP contribution in [-0.2, 0) is 11.3 Å². The first-order chi connectivity index (χ1) is 12.2. The van der Waals surface area contributed by atoms with Gasteiger partial charge in [0, 0.05) is 26.2 Å². The third-order valence-corrected chi connectivity index (χ3v) is 4.81. The fourth-order valence-electron chi connectivity index (χ4n) is 3.50. The van der Waals surface area contributed by atoms with E-state index >= 15 is 0 Å². The van der Waals surface area contributed by atoms with E-state index in [1.807, 2.05) is 54.3 Å². The Bertz CT molecular complexity index is 763. The number of carbonyl (C=O) groups is 1. The van der Waals surface area contributed by atoms with Crippen LogP contribution in [0.25, 0.3) is 0 Å². The van der Waals surface area contributed by atoms with E-state index in [4.69, 9.17) is 4.74 Å². The van der Waals surface area contributed by atoms with Gasteiger partial charge in [0.05, 0.1) is 17.9 Å². The van der Waals surface area contributed by atoms with Crippen LogP contribution in [0.5, 0.6) is 5.75 Å². The first-order valence-corrected chi connectivity index (χ1v) is 8.84. The molecule has 0 spiro atoms. The zero-order chi connectivity index (χ0) is 17.2. The van der Waals surface area contributed by atoms with Crippen molar-refractivity contribution < 1.29 is 9.53 Å². The van der Waals surface area contributed by atoms with E-state index in [-0.39, 0.29) is 18.3 Å². The maximum atomic E-state index is 12.8. The maximum absolute atomic E-state index is 12.8. The summed E-state index contributed by atoms with van der Waals surface area (Å²) in [5.74, 6) is 0.834. The van der Waals surface area contributed by atoms with Crippen LogP contribution in [-0.4, -0.2) is 38.2 Å². The number of hydrogen-bond donors (Lipinski definition) is 1. The summed E-state index contributed by atoms with van der Waals surface area (Å²) in [6.07, 6.45) is -0.472. The zero-order valence-electron chi connectivity index (χ0n) is 14.9. The van der Waals surface area contributed by atoms with Crippen molar-refractivity contribution in [3.8, 4) is 5.75 Å². The molecule has 1 fully saturated rings. The summed E-state index contributed by atoms with van der Waals surface area (Å²) in [4.78, 5) is 16.9. The maximum Gasteiger partial charge on any atom is 0.268 e. The van der Waals surface area contributed by atoms with Gasteiger partial charge in [-0.25, -0.2) is 0 Å². The molecule has 2 aliphatic rings. The van der Waals surface area contributed by atoms with Crippen molar-refractivity contribution in [1.82, 2.24) is 5.32 Å². The molecule has 1 atom stereocenters. The summed E-state index contributed by atoms with van der Waals surface area (Å²) in [6, 6.07) is 16.2. The predicted octanol–water partition coefficient (Wildman–Crippen LogP) is 2.83. The molecular formula is C20H24ClN3O2. The van der Waals surface area contributed by atoms with Crippen LogP contribution in [0.4, 0.5) is 11.4 Å². The van der Waals surface area contributed by atoms with Crippen molar-refractivity contribution in [2.45, 2.75) is 19.6 Å². The molecule has 6 heteroatoms. The van der Waals surface area contributed by atoms with E-state index in [1.54, 1.807) is 0 Å². The highest BCUT2D eigenvalue weighted by Gasteiger charge is 2.34. The van der Waals surface area contributed by atoms with E-state index < -0.39 is 6.10 Å². The second kappa shape index (κ2) is 7.98. The quantitative estimate of drug-likeness (QED) is 0.898. The smallest absolute Gasteiger partial charge is 0.268 e. The molecule has 0 radical (unpaired) electrons. The van der Waals surface area contributed by atoms with Gasteiger partial charge in [-0.3, -0.25) is 4.79 Å². The first-order valence-electron chi connectivity index (χ1n) is 8.84. The van der Waals surface area contributed by atoms with Gasteiger partial charge in [0.25, 0.3) is 5.91 Å². The van der Waals surface area contributed by atoms with Crippen molar-refractivity contribution in [2.75, 3.05) is 36.0 Å². The molecule has 0 aromatic heterocycles. The Kier molecular flexibility index (Phi) is 5.69. The van der Waals surface area contributed by atoms with Crippen LogP contribution in [0, 0.1) is 0 Å². The number of rotatable bonds is 3. The number of fused-ring (bicyclic) bond motifs is 1. The van der Waals surface area contributed by atoms with Gasteiger partial charge in [-0.1, -0.05) is 36.4 Å². The molecule has 1 amide bonds. The molecule has 0 aliphatic carbocycles. The molecule has 5 nitrogen and oxygen atoms in total. The molecule has 26 heavy (non-hydrogen) atoms. The van der Waals surface area contributed by atoms with Gasteiger partial charge in [-0.2, -0.15) is 0 Å². The Labute approximate surface area is 160 Å². The van der Waals surface area contributed by atoms with Crippen LogP contribution in [0.2, 0.25) is 0 Å². The van der Waals surface area contributed by atoms with Crippen molar-refractivity contribution in [3.63, 3.8) is 0 Å². The van der Waals surface area contributed by atoms with Gasteiger partial charge in [0.1, 0.15) is 0 Å². The van der Waals surface area contributed by atoms with Gasteiger partial charge >= 0.3 is 0 Å². The van der Waals surface area contributed by atoms with Gasteiger partial charge in [-0.15, -0.1) is 12.4 Å².